The lowest BCUT2D eigenvalue weighted by Crippen LogP contribution is -2.31. The van der Waals surface area contributed by atoms with E-state index in [1.54, 1.807) is 18.5 Å². The van der Waals surface area contributed by atoms with E-state index in [2.05, 4.69) is 10.4 Å². The van der Waals surface area contributed by atoms with Gasteiger partial charge in [0.2, 0.25) is 5.91 Å². The van der Waals surface area contributed by atoms with E-state index in [1.165, 1.54) is 16.0 Å². The summed E-state index contributed by atoms with van der Waals surface area (Å²) in [5.41, 5.74) is 0.828. The monoisotopic (exact) mass is 251 g/mol. The van der Waals surface area contributed by atoms with E-state index >= 15 is 0 Å². The molecule has 0 saturated carbocycles. The maximum Gasteiger partial charge on any atom is 0.241 e. The molecule has 0 fully saturated rings. The van der Waals surface area contributed by atoms with Crippen LogP contribution in [0.1, 0.15) is 11.7 Å². The average Bonchev–Trinajstić information content (AvgIpc) is 2.97. The highest BCUT2D eigenvalue weighted by Crippen LogP contribution is 2.14. The number of hydrogen-bond acceptors (Lipinski definition) is 4. The van der Waals surface area contributed by atoms with Crippen molar-refractivity contribution < 1.29 is 9.90 Å². The zero-order chi connectivity index (χ0) is 12.1. The van der Waals surface area contributed by atoms with Crippen LogP contribution in [-0.2, 0) is 11.3 Å². The Bertz CT molecular complexity index is 453. The fourth-order valence-corrected chi connectivity index (χ4v) is 2.10. The van der Waals surface area contributed by atoms with Gasteiger partial charge >= 0.3 is 0 Å². The van der Waals surface area contributed by atoms with Gasteiger partial charge in [-0.3, -0.25) is 9.48 Å². The quantitative estimate of drug-likeness (QED) is 0.825. The van der Waals surface area contributed by atoms with Crippen LogP contribution in [0, 0.1) is 0 Å². The molecule has 0 saturated heterocycles. The maximum atomic E-state index is 11.5. The smallest absolute Gasteiger partial charge is 0.241 e. The van der Waals surface area contributed by atoms with Gasteiger partial charge in [-0.1, -0.05) is 0 Å². The number of aromatic nitrogens is 2. The lowest BCUT2D eigenvalue weighted by molar-refractivity contribution is -0.122. The van der Waals surface area contributed by atoms with Crippen LogP contribution in [0.25, 0.3) is 0 Å². The summed E-state index contributed by atoms with van der Waals surface area (Å²) in [7, 11) is 0. The average molecular weight is 251 g/mol. The topological polar surface area (TPSA) is 67.2 Å². The second-order valence-electron chi connectivity index (χ2n) is 3.58. The molecule has 6 heteroatoms. The second-order valence-corrected chi connectivity index (χ2v) is 4.36. The minimum atomic E-state index is -0.650. The summed E-state index contributed by atoms with van der Waals surface area (Å²) in [6.45, 7) is 0.389. The molecule has 17 heavy (non-hydrogen) atoms. The molecule has 0 aliphatic heterocycles. The molecule has 90 valence electrons. The number of aliphatic hydroxyl groups is 1. The van der Waals surface area contributed by atoms with Crippen LogP contribution in [0.3, 0.4) is 0 Å². The van der Waals surface area contributed by atoms with Crippen LogP contribution in [-0.4, -0.2) is 27.3 Å². The van der Waals surface area contributed by atoms with Crippen molar-refractivity contribution in [2.45, 2.75) is 12.6 Å². The van der Waals surface area contributed by atoms with Gasteiger partial charge in [-0.15, -0.1) is 0 Å². The van der Waals surface area contributed by atoms with Crippen LogP contribution in [0.5, 0.6) is 0 Å². The fraction of sp³-hybridized carbons (Fsp3) is 0.273. The first-order valence-electron chi connectivity index (χ1n) is 5.20. The van der Waals surface area contributed by atoms with Crippen molar-refractivity contribution in [1.29, 1.82) is 0 Å². The summed E-state index contributed by atoms with van der Waals surface area (Å²) in [6.07, 6.45) is 2.69. The number of amides is 1. The number of carbonyl (C=O) groups is 1. The van der Waals surface area contributed by atoms with Crippen LogP contribution >= 0.6 is 11.3 Å². The molecule has 1 atom stereocenters. The molecule has 0 aromatic carbocycles. The van der Waals surface area contributed by atoms with Gasteiger partial charge in [0.15, 0.2) is 0 Å². The van der Waals surface area contributed by atoms with E-state index in [0.717, 1.165) is 5.56 Å². The highest BCUT2D eigenvalue weighted by molar-refractivity contribution is 7.07. The molecule has 0 spiro atoms. The Balaban J connectivity index is 1.76. The summed E-state index contributed by atoms with van der Waals surface area (Å²) in [6, 6.07) is 3.60. The van der Waals surface area contributed by atoms with E-state index in [1.807, 2.05) is 16.8 Å². The molecule has 1 unspecified atom stereocenters. The fourth-order valence-electron chi connectivity index (χ4n) is 1.39. The van der Waals surface area contributed by atoms with Crippen molar-refractivity contribution in [1.82, 2.24) is 15.1 Å². The number of thiophene rings is 1. The van der Waals surface area contributed by atoms with Crippen molar-refractivity contribution in [3.8, 4) is 0 Å². The molecule has 0 aliphatic rings. The van der Waals surface area contributed by atoms with Gasteiger partial charge in [-0.2, -0.15) is 16.4 Å². The Morgan fingerprint density at radius 3 is 3.18 bits per heavy atom. The van der Waals surface area contributed by atoms with Crippen LogP contribution in [0.4, 0.5) is 0 Å². The molecule has 5 nitrogen and oxygen atoms in total. The van der Waals surface area contributed by atoms with Gasteiger partial charge in [0.25, 0.3) is 0 Å². The minimum absolute atomic E-state index is 0.164. The maximum absolute atomic E-state index is 11.5. The number of aliphatic hydroxyl groups excluding tert-OH is 1. The Kier molecular flexibility index (Phi) is 3.89. The minimum Gasteiger partial charge on any atom is -0.387 e. The molecular formula is C11H13N3O2S. The summed E-state index contributed by atoms with van der Waals surface area (Å²) >= 11 is 1.52. The van der Waals surface area contributed by atoms with Gasteiger partial charge in [0.1, 0.15) is 6.54 Å². The van der Waals surface area contributed by atoms with E-state index < -0.39 is 6.10 Å². The number of carbonyl (C=O) groups excluding carboxylic acids is 1. The number of nitrogens with zero attached hydrogens (tertiary/aromatic N) is 2. The third kappa shape index (κ3) is 3.40. The lowest BCUT2D eigenvalue weighted by atomic mass is 10.2. The number of nitrogens with one attached hydrogen (secondary N) is 1. The normalized spacial score (nSPS) is 12.3. The summed E-state index contributed by atoms with van der Waals surface area (Å²) in [4.78, 5) is 11.5. The zero-order valence-corrected chi connectivity index (χ0v) is 9.93. The summed E-state index contributed by atoms with van der Waals surface area (Å²) in [5, 5.41) is 20.1. The van der Waals surface area contributed by atoms with Crippen molar-refractivity contribution in [2.24, 2.45) is 0 Å². The third-order valence-electron chi connectivity index (χ3n) is 2.29. The van der Waals surface area contributed by atoms with E-state index in [9.17, 15) is 9.90 Å². The molecule has 0 bridgehead atoms. The number of hydrogen-bond donors (Lipinski definition) is 2. The zero-order valence-electron chi connectivity index (χ0n) is 9.11. The van der Waals surface area contributed by atoms with Gasteiger partial charge in [-0.05, 0) is 28.5 Å². The Labute approximate surface area is 103 Å². The Hall–Kier alpha value is -1.66. The molecular weight excluding hydrogens is 238 g/mol. The van der Waals surface area contributed by atoms with Gasteiger partial charge in [0, 0.05) is 18.9 Å². The van der Waals surface area contributed by atoms with Crippen molar-refractivity contribution in [2.75, 3.05) is 6.54 Å². The van der Waals surface area contributed by atoms with Crippen LogP contribution in [0.2, 0.25) is 0 Å². The van der Waals surface area contributed by atoms with E-state index in [-0.39, 0.29) is 19.0 Å². The molecule has 2 aromatic rings. The van der Waals surface area contributed by atoms with Crippen LogP contribution < -0.4 is 5.32 Å². The van der Waals surface area contributed by atoms with E-state index in [4.69, 9.17) is 0 Å². The number of rotatable bonds is 5. The van der Waals surface area contributed by atoms with Gasteiger partial charge < -0.3 is 10.4 Å². The molecule has 2 rings (SSSR count). The summed E-state index contributed by atoms with van der Waals surface area (Å²) < 4.78 is 1.53. The second kappa shape index (κ2) is 5.60. The largest absolute Gasteiger partial charge is 0.387 e. The molecule has 1 amide bonds. The molecule has 0 radical (unpaired) electrons. The SMILES string of the molecule is O=C(Cn1cccn1)NCC(O)c1ccsc1. The van der Waals surface area contributed by atoms with Gasteiger partial charge in [-0.25, -0.2) is 0 Å². The standard InChI is InChI=1S/C11H13N3O2S/c15-10(9-2-5-17-8-9)6-12-11(16)7-14-4-1-3-13-14/h1-5,8,10,15H,6-7H2,(H,12,16). The van der Waals surface area contributed by atoms with Gasteiger partial charge in [0.05, 0.1) is 6.10 Å². The Morgan fingerprint density at radius 2 is 2.53 bits per heavy atom. The molecule has 2 heterocycles. The van der Waals surface area contributed by atoms with Crippen LogP contribution in [0.15, 0.2) is 35.3 Å². The Morgan fingerprint density at radius 1 is 1.65 bits per heavy atom. The first-order chi connectivity index (χ1) is 8.25. The predicted octanol–water partition coefficient (Wildman–Crippen LogP) is 0.794. The van der Waals surface area contributed by atoms with Crippen molar-refractivity contribution in [3.63, 3.8) is 0 Å². The molecule has 0 aliphatic carbocycles. The van der Waals surface area contributed by atoms with Crippen molar-refractivity contribution >= 4 is 17.2 Å². The van der Waals surface area contributed by atoms with Crippen molar-refractivity contribution in [3.05, 3.63) is 40.8 Å². The third-order valence-corrected chi connectivity index (χ3v) is 2.99. The highest BCUT2D eigenvalue weighted by Gasteiger charge is 2.09. The first kappa shape index (κ1) is 11.8. The molecule has 2 aromatic heterocycles. The highest BCUT2D eigenvalue weighted by atomic mass is 32.1. The lowest BCUT2D eigenvalue weighted by Gasteiger charge is -2.10. The first-order valence-corrected chi connectivity index (χ1v) is 6.14. The van der Waals surface area contributed by atoms with E-state index in [0.29, 0.717) is 0 Å². The molecule has 2 N–H and O–H groups in total. The summed E-state index contributed by atoms with van der Waals surface area (Å²) in [5.74, 6) is -0.164. The predicted molar refractivity (Wildman–Crippen MR) is 64.5 cm³/mol.